The van der Waals surface area contributed by atoms with Crippen molar-refractivity contribution in [2.24, 2.45) is 0 Å². The Morgan fingerprint density at radius 1 is 0.686 bits per heavy atom. The maximum atomic E-state index is 9.98. The van der Waals surface area contributed by atoms with E-state index in [0.717, 1.165) is 0 Å². The summed E-state index contributed by atoms with van der Waals surface area (Å²) in [6.45, 7) is 15.9. The van der Waals surface area contributed by atoms with Crippen molar-refractivity contribution >= 4 is 29.1 Å². The molecule has 0 aromatic heterocycles. The number of amides is 3. The fourth-order valence-corrected chi connectivity index (χ4v) is 2.75. The number of carbonyl (C=O) groups excluding carboxylic acids is 3. The Labute approximate surface area is 228 Å². The number of hydrogen-bond donors (Lipinski definition) is 0. The first kappa shape index (κ1) is 37.1. The molecule has 10 heteroatoms. The fraction of sp³-hybridized carbons (Fsp3) is 0.520. The summed E-state index contributed by atoms with van der Waals surface area (Å²) in [5, 5.41) is 32.6. The molecule has 9 nitrogen and oxygen atoms in total. The molecular formula is C25H39N3O6Zr. The van der Waals surface area contributed by atoms with E-state index in [1.807, 2.05) is 0 Å². The quantitative estimate of drug-likeness (QED) is 0.489. The molecule has 0 radical (unpaired) electrons. The second kappa shape index (κ2) is 22.0. The minimum atomic E-state index is -1.09. The number of aryl methyl sites for hydroxylation is 1. The molecule has 0 saturated heterocycles. The van der Waals surface area contributed by atoms with Crippen molar-refractivity contribution in [3.05, 3.63) is 42.0 Å². The van der Waals surface area contributed by atoms with Crippen molar-refractivity contribution in [1.29, 1.82) is 0 Å². The van der Waals surface area contributed by atoms with E-state index in [1.165, 1.54) is 31.0 Å². The zero-order valence-electron chi connectivity index (χ0n) is 22.0. The third kappa shape index (κ3) is 16.7. The van der Waals surface area contributed by atoms with Gasteiger partial charge in [0.05, 0.1) is 0 Å². The van der Waals surface area contributed by atoms with Crippen LogP contribution in [-0.4, -0.2) is 72.2 Å². The van der Waals surface area contributed by atoms with Crippen molar-refractivity contribution in [3.63, 3.8) is 0 Å². The van der Waals surface area contributed by atoms with Crippen molar-refractivity contribution in [2.75, 3.05) is 39.3 Å². The Balaban J connectivity index is -0.000000390. The van der Waals surface area contributed by atoms with Crippen molar-refractivity contribution in [2.45, 2.75) is 48.5 Å². The second-order valence-electron chi connectivity index (χ2n) is 6.98. The van der Waals surface area contributed by atoms with Crippen LogP contribution in [0.3, 0.4) is 0 Å². The van der Waals surface area contributed by atoms with Gasteiger partial charge in [0.1, 0.15) is 18.3 Å². The Kier molecular flexibility index (Phi) is 23.3. The predicted octanol–water partition coefficient (Wildman–Crippen LogP) is 1.88. The van der Waals surface area contributed by atoms with Crippen LogP contribution in [0.1, 0.15) is 47.1 Å². The molecule has 2 aromatic rings. The van der Waals surface area contributed by atoms with E-state index < -0.39 is 18.3 Å². The zero-order valence-corrected chi connectivity index (χ0v) is 24.5. The number of benzene rings is 1. The number of hydrogen-bond acceptors (Lipinski definition) is 6. The minimum absolute atomic E-state index is 0. The third-order valence-electron chi connectivity index (χ3n) is 4.83. The Bertz CT molecular complexity index is 746. The molecule has 0 aliphatic rings. The van der Waals surface area contributed by atoms with Gasteiger partial charge in [-0.2, -0.15) is 6.07 Å². The third-order valence-corrected chi connectivity index (χ3v) is 4.83. The Hall–Kier alpha value is -2.48. The van der Waals surface area contributed by atoms with Crippen molar-refractivity contribution in [3.8, 4) is 0 Å². The zero-order chi connectivity index (χ0) is 26.7. The molecule has 2 rings (SSSR count). The standard InChI is InChI=1S/C10H9.3C5H11NO2.Zr/c1-8-6-9-4-2-3-5-10(9)7-8;3*1-3-6(4-2)5(7)8;/h2-7H,1H3;3*3-4H2,1-2H3,(H,7,8);/q-1;;;;+4/p-3. The monoisotopic (exact) mass is 567 g/mol. The molecule has 2 aromatic carbocycles. The molecule has 0 heterocycles. The van der Waals surface area contributed by atoms with Gasteiger partial charge in [-0.1, -0.05) is 13.0 Å². The summed E-state index contributed by atoms with van der Waals surface area (Å²) in [7, 11) is 0. The molecular weight excluding hydrogens is 530 g/mol. The van der Waals surface area contributed by atoms with Gasteiger partial charge in [0, 0.05) is 39.3 Å². The summed E-state index contributed by atoms with van der Waals surface area (Å²) in [4.78, 5) is 33.6. The summed E-state index contributed by atoms with van der Waals surface area (Å²) in [6, 6.07) is 12.8. The van der Waals surface area contributed by atoms with E-state index in [9.17, 15) is 29.7 Å². The van der Waals surface area contributed by atoms with E-state index in [-0.39, 0.29) is 26.2 Å². The minimum Gasteiger partial charge on any atom is -0.530 e. The van der Waals surface area contributed by atoms with Crippen LogP contribution in [0.15, 0.2) is 36.4 Å². The van der Waals surface area contributed by atoms with Gasteiger partial charge in [0.25, 0.3) is 0 Å². The van der Waals surface area contributed by atoms with Crippen LogP contribution in [-0.2, 0) is 26.2 Å². The first-order valence-electron chi connectivity index (χ1n) is 11.5. The molecule has 0 bridgehead atoms. The average Bonchev–Trinajstić information content (AvgIpc) is 3.17. The summed E-state index contributed by atoms with van der Waals surface area (Å²) >= 11 is 0. The summed E-state index contributed by atoms with van der Waals surface area (Å²) in [5.74, 6) is 0. The Morgan fingerprint density at radius 2 is 1.00 bits per heavy atom. The van der Waals surface area contributed by atoms with Gasteiger partial charge in [0.15, 0.2) is 0 Å². The predicted molar refractivity (Wildman–Crippen MR) is 129 cm³/mol. The van der Waals surface area contributed by atoms with Crippen LogP contribution in [0, 0.1) is 6.92 Å². The molecule has 0 atom stereocenters. The smallest absolute Gasteiger partial charge is 0.530 e. The molecule has 3 amide bonds. The molecule has 35 heavy (non-hydrogen) atoms. The summed E-state index contributed by atoms with van der Waals surface area (Å²) < 4.78 is 0. The maximum absolute atomic E-state index is 9.98. The van der Waals surface area contributed by atoms with Crippen molar-refractivity contribution in [1.82, 2.24) is 14.7 Å². The van der Waals surface area contributed by atoms with Crippen LogP contribution in [0.25, 0.3) is 10.8 Å². The van der Waals surface area contributed by atoms with Gasteiger partial charge in [0.2, 0.25) is 0 Å². The number of carbonyl (C=O) groups is 3. The van der Waals surface area contributed by atoms with Gasteiger partial charge < -0.3 is 44.4 Å². The molecule has 0 saturated carbocycles. The molecule has 0 aliphatic heterocycles. The van der Waals surface area contributed by atoms with E-state index in [4.69, 9.17) is 0 Å². The van der Waals surface area contributed by atoms with Crippen LogP contribution >= 0.6 is 0 Å². The van der Waals surface area contributed by atoms with E-state index in [0.29, 0.717) is 39.3 Å². The molecule has 194 valence electrons. The number of nitrogens with zero attached hydrogens (tertiary/aromatic N) is 3. The SMILES string of the molecule is CCN(CC)C(=O)[O-].CCN(CC)C(=O)[O-].CCN(CC)C(=O)[O-].Cc1cc2ccccc2[cH-]1.[Zr+4]. The molecule has 0 spiro atoms. The number of carboxylic acid groups (broad SMARTS) is 3. The summed E-state index contributed by atoms with van der Waals surface area (Å²) in [5.41, 5.74) is 1.35. The van der Waals surface area contributed by atoms with Gasteiger partial charge in [-0.25, -0.2) is 0 Å². The molecule has 0 fully saturated rings. The largest absolute Gasteiger partial charge is 4.00 e. The molecule has 0 unspecified atom stereocenters. The van der Waals surface area contributed by atoms with E-state index in [2.05, 4.69) is 43.3 Å². The fourth-order valence-electron chi connectivity index (χ4n) is 2.75. The van der Waals surface area contributed by atoms with Crippen LogP contribution < -0.4 is 15.3 Å². The number of fused-ring (bicyclic) bond motifs is 1. The normalized spacial score (nSPS) is 9.00. The van der Waals surface area contributed by atoms with Gasteiger partial charge in [-0.3, -0.25) is 0 Å². The number of rotatable bonds is 6. The van der Waals surface area contributed by atoms with Crippen LogP contribution in [0.4, 0.5) is 14.4 Å². The van der Waals surface area contributed by atoms with Crippen LogP contribution in [0.5, 0.6) is 0 Å². The average molecular weight is 569 g/mol. The molecule has 0 N–H and O–H groups in total. The summed E-state index contributed by atoms with van der Waals surface area (Å²) in [6.07, 6.45) is -3.26. The molecule has 0 aliphatic carbocycles. The van der Waals surface area contributed by atoms with Crippen molar-refractivity contribution < 1.29 is 55.9 Å². The second-order valence-corrected chi connectivity index (χ2v) is 6.98. The topological polar surface area (TPSA) is 130 Å². The van der Waals surface area contributed by atoms with E-state index in [1.54, 1.807) is 41.5 Å². The van der Waals surface area contributed by atoms with Gasteiger partial charge in [-0.05, 0) is 41.5 Å². The maximum Gasteiger partial charge on any atom is 4.00 e. The Morgan fingerprint density at radius 3 is 1.23 bits per heavy atom. The first-order valence-corrected chi connectivity index (χ1v) is 11.5. The van der Waals surface area contributed by atoms with E-state index >= 15 is 0 Å². The van der Waals surface area contributed by atoms with Gasteiger partial charge in [-0.15, -0.1) is 40.6 Å². The van der Waals surface area contributed by atoms with Gasteiger partial charge >= 0.3 is 26.2 Å². The first-order chi connectivity index (χ1) is 16.0. The van der Waals surface area contributed by atoms with Crippen LogP contribution in [0.2, 0.25) is 0 Å².